The van der Waals surface area contributed by atoms with Crippen LogP contribution in [-0.2, 0) is 13.0 Å². The Morgan fingerprint density at radius 1 is 1.03 bits per heavy atom. The molecule has 1 aliphatic heterocycles. The molecule has 0 aliphatic carbocycles. The normalized spacial score (nSPS) is 13.3. The fourth-order valence-electron chi connectivity index (χ4n) is 4.09. The third kappa shape index (κ3) is 3.03. The largest absolute Gasteiger partial charge is 0.366 e. The van der Waals surface area contributed by atoms with E-state index in [4.69, 9.17) is 5.73 Å². The second-order valence-corrected chi connectivity index (χ2v) is 7.46. The van der Waals surface area contributed by atoms with E-state index < -0.39 is 5.91 Å². The standard InChI is InChI=1S/C24H20N4O2/c25-23(29)17-12-16-10-11-28(14-20(16)26-13-17)24(30)22-21(15-6-2-1-3-7-15)18-8-4-5-9-19(18)27-22/h1-9,12-13,27H,10-11,14H2,(H2,25,29). The third-order valence-corrected chi connectivity index (χ3v) is 5.61. The van der Waals surface area contributed by atoms with E-state index in [0.29, 0.717) is 30.8 Å². The SMILES string of the molecule is NC(=O)c1cnc2c(c1)CCN(C(=O)c1[nH]c3ccccc3c1-c1ccccc1)C2. The van der Waals surface area contributed by atoms with Crippen molar-refractivity contribution in [3.63, 3.8) is 0 Å². The van der Waals surface area contributed by atoms with Crippen LogP contribution in [0.25, 0.3) is 22.0 Å². The molecule has 0 saturated carbocycles. The van der Waals surface area contributed by atoms with Gasteiger partial charge in [0.15, 0.2) is 0 Å². The summed E-state index contributed by atoms with van der Waals surface area (Å²) in [6.07, 6.45) is 2.11. The molecule has 0 saturated heterocycles. The lowest BCUT2D eigenvalue weighted by Crippen LogP contribution is -2.37. The van der Waals surface area contributed by atoms with Crippen molar-refractivity contribution < 1.29 is 9.59 Å². The number of hydrogen-bond donors (Lipinski definition) is 2. The van der Waals surface area contributed by atoms with Crippen LogP contribution in [0.2, 0.25) is 0 Å². The summed E-state index contributed by atoms with van der Waals surface area (Å²) >= 11 is 0. The number of carbonyl (C=O) groups is 2. The summed E-state index contributed by atoms with van der Waals surface area (Å²) in [6.45, 7) is 0.954. The second kappa shape index (κ2) is 7.15. The highest BCUT2D eigenvalue weighted by Crippen LogP contribution is 2.33. The minimum atomic E-state index is -0.491. The minimum Gasteiger partial charge on any atom is -0.366 e. The predicted molar refractivity (Wildman–Crippen MR) is 115 cm³/mol. The van der Waals surface area contributed by atoms with E-state index in [1.807, 2.05) is 54.6 Å². The Morgan fingerprint density at radius 2 is 1.80 bits per heavy atom. The number of hydrogen-bond acceptors (Lipinski definition) is 3. The van der Waals surface area contributed by atoms with Crippen molar-refractivity contribution in [2.45, 2.75) is 13.0 Å². The topological polar surface area (TPSA) is 92.1 Å². The summed E-state index contributed by atoms with van der Waals surface area (Å²) in [5.41, 5.74) is 11.0. The van der Waals surface area contributed by atoms with Gasteiger partial charge >= 0.3 is 0 Å². The highest BCUT2D eigenvalue weighted by atomic mass is 16.2. The lowest BCUT2D eigenvalue weighted by molar-refractivity contribution is 0.0727. The van der Waals surface area contributed by atoms with Crippen LogP contribution in [0.5, 0.6) is 0 Å². The highest BCUT2D eigenvalue weighted by molar-refractivity contribution is 6.09. The summed E-state index contributed by atoms with van der Waals surface area (Å²) in [4.78, 5) is 34.5. The van der Waals surface area contributed by atoms with E-state index in [1.165, 1.54) is 6.20 Å². The molecule has 6 heteroatoms. The molecular weight excluding hydrogens is 376 g/mol. The monoisotopic (exact) mass is 396 g/mol. The lowest BCUT2D eigenvalue weighted by Gasteiger charge is -2.28. The summed E-state index contributed by atoms with van der Waals surface area (Å²) in [5.74, 6) is -0.550. The molecule has 1 aliphatic rings. The van der Waals surface area contributed by atoms with E-state index >= 15 is 0 Å². The smallest absolute Gasteiger partial charge is 0.271 e. The molecule has 0 spiro atoms. The number of aromatic nitrogens is 2. The number of fused-ring (bicyclic) bond motifs is 2. The summed E-state index contributed by atoms with van der Waals surface area (Å²) in [6, 6.07) is 19.7. The van der Waals surface area contributed by atoms with Crippen molar-refractivity contribution >= 4 is 22.7 Å². The third-order valence-electron chi connectivity index (χ3n) is 5.61. The Kier molecular flexibility index (Phi) is 4.32. The zero-order chi connectivity index (χ0) is 20.7. The van der Waals surface area contributed by atoms with Gasteiger partial charge in [0.1, 0.15) is 5.69 Å². The first-order valence-corrected chi connectivity index (χ1v) is 9.85. The van der Waals surface area contributed by atoms with Crippen molar-refractivity contribution in [2.75, 3.05) is 6.54 Å². The predicted octanol–water partition coefficient (Wildman–Crippen LogP) is 3.53. The van der Waals surface area contributed by atoms with Gasteiger partial charge in [-0.05, 0) is 29.7 Å². The Hall–Kier alpha value is -3.93. The molecule has 0 unspecified atom stereocenters. The molecular formula is C24H20N4O2. The number of nitrogens with one attached hydrogen (secondary N) is 1. The molecule has 0 radical (unpaired) electrons. The van der Waals surface area contributed by atoms with Gasteiger partial charge in [-0.2, -0.15) is 0 Å². The van der Waals surface area contributed by atoms with Crippen LogP contribution >= 0.6 is 0 Å². The van der Waals surface area contributed by atoms with Gasteiger partial charge in [-0.1, -0.05) is 48.5 Å². The van der Waals surface area contributed by atoms with Gasteiger partial charge < -0.3 is 15.6 Å². The van der Waals surface area contributed by atoms with Gasteiger partial charge in [0.25, 0.3) is 5.91 Å². The van der Waals surface area contributed by atoms with E-state index in [9.17, 15) is 9.59 Å². The van der Waals surface area contributed by atoms with Gasteiger partial charge in [0, 0.05) is 29.2 Å². The molecule has 4 aromatic rings. The van der Waals surface area contributed by atoms with Crippen molar-refractivity contribution in [3.8, 4) is 11.1 Å². The average molecular weight is 396 g/mol. The number of H-pyrrole nitrogens is 1. The number of carbonyl (C=O) groups excluding carboxylic acids is 2. The van der Waals surface area contributed by atoms with Gasteiger partial charge in [0.05, 0.1) is 17.8 Å². The molecule has 2 aromatic heterocycles. The van der Waals surface area contributed by atoms with E-state index in [0.717, 1.165) is 33.3 Å². The number of pyridine rings is 1. The Labute approximate surface area is 173 Å². The zero-order valence-electron chi connectivity index (χ0n) is 16.3. The van der Waals surface area contributed by atoms with Crippen LogP contribution in [0.1, 0.15) is 32.1 Å². The van der Waals surface area contributed by atoms with Crippen molar-refractivity contribution in [1.29, 1.82) is 0 Å². The summed E-state index contributed by atoms with van der Waals surface area (Å²) in [7, 11) is 0. The first-order chi connectivity index (χ1) is 14.6. The minimum absolute atomic E-state index is 0.0588. The van der Waals surface area contributed by atoms with Crippen LogP contribution in [-0.4, -0.2) is 33.2 Å². The quantitative estimate of drug-likeness (QED) is 0.555. The molecule has 30 heavy (non-hydrogen) atoms. The van der Waals surface area contributed by atoms with Crippen LogP contribution in [0.15, 0.2) is 66.9 Å². The van der Waals surface area contributed by atoms with Gasteiger partial charge in [-0.25, -0.2) is 0 Å². The molecule has 2 amide bonds. The van der Waals surface area contributed by atoms with E-state index in [1.54, 1.807) is 11.0 Å². The molecule has 0 bridgehead atoms. The van der Waals surface area contributed by atoms with Crippen LogP contribution in [0.4, 0.5) is 0 Å². The molecule has 0 atom stereocenters. The van der Waals surface area contributed by atoms with Gasteiger partial charge in [-0.3, -0.25) is 14.6 Å². The van der Waals surface area contributed by atoms with Crippen molar-refractivity contribution in [3.05, 3.63) is 89.4 Å². The highest BCUT2D eigenvalue weighted by Gasteiger charge is 2.27. The maximum atomic E-state index is 13.5. The van der Waals surface area contributed by atoms with Crippen molar-refractivity contribution in [2.24, 2.45) is 5.73 Å². The zero-order valence-corrected chi connectivity index (χ0v) is 16.3. The van der Waals surface area contributed by atoms with Gasteiger partial charge in [0.2, 0.25) is 5.91 Å². The number of benzene rings is 2. The Morgan fingerprint density at radius 3 is 2.60 bits per heavy atom. The first-order valence-electron chi connectivity index (χ1n) is 9.85. The number of nitrogens with zero attached hydrogens (tertiary/aromatic N) is 2. The van der Waals surface area contributed by atoms with E-state index in [2.05, 4.69) is 9.97 Å². The fraction of sp³-hybridized carbons (Fsp3) is 0.125. The van der Waals surface area contributed by atoms with Crippen molar-refractivity contribution in [1.82, 2.24) is 14.9 Å². The molecule has 5 rings (SSSR count). The number of aromatic amines is 1. The molecule has 148 valence electrons. The molecule has 6 nitrogen and oxygen atoms in total. The maximum Gasteiger partial charge on any atom is 0.271 e. The fourth-order valence-corrected chi connectivity index (χ4v) is 4.09. The van der Waals surface area contributed by atoms with Crippen LogP contribution in [0.3, 0.4) is 0 Å². The number of para-hydroxylation sites is 1. The summed E-state index contributed by atoms with van der Waals surface area (Å²) < 4.78 is 0. The molecule has 0 fully saturated rings. The van der Waals surface area contributed by atoms with Crippen LogP contribution < -0.4 is 5.73 Å². The number of nitrogens with two attached hydrogens (primary N) is 1. The average Bonchev–Trinajstić information content (AvgIpc) is 3.18. The maximum absolute atomic E-state index is 13.5. The van der Waals surface area contributed by atoms with E-state index in [-0.39, 0.29) is 5.91 Å². The first kappa shape index (κ1) is 18.1. The molecule has 3 heterocycles. The second-order valence-electron chi connectivity index (χ2n) is 7.46. The number of primary amides is 1. The Balaban J connectivity index is 1.54. The van der Waals surface area contributed by atoms with Gasteiger partial charge in [-0.15, -0.1) is 0 Å². The summed E-state index contributed by atoms with van der Waals surface area (Å²) in [5, 5.41) is 1.02. The van der Waals surface area contributed by atoms with Crippen LogP contribution in [0, 0.1) is 0 Å². The lowest BCUT2D eigenvalue weighted by atomic mass is 9.99. The number of amides is 2. The molecule has 2 aromatic carbocycles. The Bertz CT molecular complexity index is 1280. The molecule has 3 N–H and O–H groups in total. The number of rotatable bonds is 3.